The number of rotatable bonds is 3. The first-order valence-electron chi connectivity index (χ1n) is 7.86. The van der Waals surface area contributed by atoms with E-state index in [0.29, 0.717) is 11.1 Å². The van der Waals surface area contributed by atoms with Crippen LogP contribution >= 0.6 is 0 Å². The summed E-state index contributed by atoms with van der Waals surface area (Å²) in [4.78, 5) is 12.8. The monoisotopic (exact) mass is 308 g/mol. The third kappa shape index (κ3) is 2.84. The first-order valence-corrected chi connectivity index (χ1v) is 7.86. The minimum atomic E-state index is -0.538. The average molecular weight is 308 g/mol. The molecule has 2 aromatic carbocycles. The summed E-state index contributed by atoms with van der Waals surface area (Å²) in [6.45, 7) is 8.03. The second-order valence-electron chi connectivity index (χ2n) is 6.87. The van der Waals surface area contributed by atoms with E-state index in [-0.39, 0.29) is 5.78 Å². The summed E-state index contributed by atoms with van der Waals surface area (Å²) in [5, 5.41) is 0. The van der Waals surface area contributed by atoms with Crippen LogP contribution in [0.4, 0.5) is 0 Å². The number of hydrogen-bond donors (Lipinski definition) is 0. The standard InChI is InChI=1S/C19H21BO3/c1-18(2)19(3,4)23-20(22-18)16-13-9-8-12-15(16)17(21)14-10-6-5-7-11-14/h5-13H,1-4H3. The zero-order valence-corrected chi connectivity index (χ0v) is 14.0. The van der Waals surface area contributed by atoms with E-state index < -0.39 is 18.3 Å². The summed E-state index contributed by atoms with van der Waals surface area (Å²) in [6, 6.07) is 16.8. The Kier molecular flexibility index (Phi) is 3.90. The molecule has 0 spiro atoms. The van der Waals surface area contributed by atoms with Crippen molar-refractivity contribution >= 4 is 18.4 Å². The van der Waals surface area contributed by atoms with Crippen LogP contribution in [0.1, 0.15) is 43.6 Å². The lowest BCUT2D eigenvalue weighted by molar-refractivity contribution is 0.00578. The van der Waals surface area contributed by atoms with Crippen molar-refractivity contribution in [3.05, 3.63) is 65.7 Å². The van der Waals surface area contributed by atoms with Crippen molar-refractivity contribution in [3.8, 4) is 0 Å². The van der Waals surface area contributed by atoms with Gasteiger partial charge in [0.15, 0.2) is 5.78 Å². The fourth-order valence-corrected chi connectivity index (χ4v) is 2.62. The minimum Gasteiger partial charge on any atom is -0.399 e. The van der Waals surface area contributed by atoms with Crippen molar-refractivity contribution in [2.45, 2.75) is 38.9 Å². The van der Waals surface area contributed by atoms with Gasteiger partial charge in [0, 0.05) is 11.1 Å². The molecule has 1 fully saturated rings. The Hall–Kier alpha value is -1.91. The largest absolute Gasteiger partial charge is 0.495 e. The lowest BCUT2D eigenvalue weighted by Gasteiger charge is -2.32. The molecule has 3 nitrogen and oxygen atoms in total. The highest BCUT2D eigenvalue weighted by Gasteiger charge is 2.52. The topological polar surface area (TPSA) is 35.5 Å². The number of carbonyl (C=O) groups is 1. The molecule has 0 unspecified atom stereocenters. The molecule has 0 radical (unpaired) electrons. The highest BCUT2D eigenvalue weighted by molar-refractivity contribution is 6.64. The number of carbonyl (C=O) groups excluding carboxylic acids is 1. The fraction of sp³-hybridized carbons (Fsp3) is 0.316. The maximum Gasteiger partial charge on any atom is 0.495 e. The summed E-state index contributed by atoms with van der Waals surface area (Å²) >= 11 is 0. The molecule has 3 rings (SSSR count). The van der Waals surface area contributed by atoms with Crippen LogP contribution in [0.15, 0.2) is 54.6 Å². The molecule has 0 atom stereocenters. The molecule has 1 aliphatic rings. The van der Waals surface area contributed by atoms with Crippen LogP contribution in [0.2, 0.25) is 0 Å². The third-order valence-corrected chi connectivity index (χ3v) is 4.75. The highest BCUT2D eigenvalue weighted by Crippen LogP contribution is 2.36. The number of benzene rings is 2. The van der Waals surface area contributed by atoms with E-state index in [1.165, 1.54) is 0 Å². The summed E-state index contributed by atoms with van der Waals surface area (Å²) < 4.78 is 12.2. The predicted molar refractivity (Wildman–Crippen MR) is 92.0 cm³/mol. The van der Waals surface area contributed by atoms with E-state index in [2.05, 4.69) is 0 Å². The molecule has 4 heteroatoms. The maximum absolute atomic E-state index is 12.8. The summed E-state index contributed by atoms with van der Waals surface area (Å²) in [5.74, 6) is -0.0177. The van der Waals surface area contributed by atoms with E-state index in [1.807, 2.05) is 82.3 Å². The Morgan fingerprint density at radius 2 is 1.35 bits per heavy atom. The van der Waals surface area contributed by atoms with Gasteiger partial charge < -0.3 is 9.31 Å². The third-order valence-electron chi connectivity index (χ3n) is 4.75. The predicted octanol–water partition coefficient (Wildman–Crippen LogP) is 3.22. The Labute approximate surface area is 137 Å². The zero-order chi connectivity index (χ0) is 16.7. The minimum absolute atomic E-state index is 0.0177. The van der Waals surface area contributed by atoms with Gasteiger partial charge in [-0.05, 0) is 33.2 Å². The smallest absolute Gasteiger partial charge is 0.399 e. The lowest BCUT2D eigenvalue weighted by Crippen LogP contribution is -2.41. The average Bonchev–Trinajstić information content (AvgIpc) is 2.75. The molecule has 2 aromatic rings. The van der Waals surface area contributed by atoms with Gasteiger partial charge in [-0.15, -0.1) is 0 Å². The quantitative estimate of drug-likeness (QED) is 0.645. The first-order chi connectivity index (χ1) is 10.8. The van der Waals surface area contributed by atoms with Gasteiger partial charge in [0.1, 0.15) is 0 Å². The van der Waals surface area contributed by atoms with E-state index >= 15 is 0 Å². The van der Waals surface area contributed by atoms with Crippen molar-refractivity contribution in [2.24, 2.45) is 0 Å². The van der Waals surface area contributed by atoms with Gasteiger partial charge in [0.2, 0.25) is 0 Å². The van der Waals surface area contributed by atoms with Crippen LogP contribution in [0.3, 0.4) is 0 Å². The van der Waals surface area contributed by atoms with Gasteiger partial charge in [-0.25, -0.2) is 0 Å². The number of hydrogen-bond acceptors (Lipinski definition) is 3. The number of ketones is 1. The van der Waals surface area contributed by atoms with Crippen LogP contribution in [-0.2, 0) is 9.31 Å². The van der Waals surface area contributed by atoms with E-state index in [0.717, 1.165) is 5.46 Å². The molecule has 118 valence electrons. The van der Waals surface area contributed by atoms with E-state index in [9.17, 15) is 4.79 Å². The Balaban J connectivity index is 1.99. The van der Waals surface area contributed by atoms with Crippen molar-refractivity contribution in [3.63, 3.8) is 0 Å². The molecule has 0 bridgehead atoms. The summed E-state index contributed by atoms with van der Waals surface area (Å²) in [5.41, 5.74) is 1.20. The van der Waals surface area contributed by atoms with Gasteiger partial charge in [-0.2, -0.15) is 0 Å². The molecule has 1 saturated heterocycles. The van der Waals surface area contributed by atoms with Crippen molar-refractivity contribution in [1.29, 1.82) is 0 Å². The zero-order valence-electron chi connectivity index (χ0n) is 14.0. The molecule has 1 aliphatic heterocycles. The van der Waals surface area contributed by atoms with Crippen molar-refractivity contribution < 1.29 is 14.1 Å². The van der Waals surface area contributed by atoms with Gasteiger partial charge in [0.05, 0.1) is 11.2 Å². The van der Waals surface area contributed by atoms with Gasteiger partial charge in [0.25, 0.3) is 0 Å². The molecule has 0 aromatic heterocycles. The molecule has 0 amide bonds. The van der Waals surface area contributed by atoms with Crippen LogP contribution in [0, 0.1) is 0 Å². The maximum atomic E-state index is 12.8. The van der Waals surface area contributed by atoms with E-state index in [1.54, 1.807) is 0 Å². The molecule has 0 aliphatic carbocycles. The van der Waals surface area contributed by atoms with Crippen LogP contribution < -0.4 is 5.46 Å². The molecule has 0 N–H and O–H groups in total. The first kappa shape index (κ1) is 16.0. The molecule has 0 saturated carbocycles. The van der Waals surface area contributed by atoms with Crippen molar-refractivity contribution in [1.82, 2.24) is 0 Å². The van der Waals surface area contributed by atoms with Crippen LogP contribution in [0.5, 0.6) is 0 Å². The Morgan fingerprint density at radius 3 is 1.96 bits per heavy atom. The molecule has 1 heterocycles. The second-order valence-corrected chi connectivity index (χ2v) is 6.87. The fourth-order valence-electron chi connectivity index (χ4n) is 2.62. The second kappa shape index (κ2) is 5.62. The van der Waals surface area contributed by atoms with Crippen LogP contribution in [-0.4, -0.2) is 24.1 Å². The van der Waals surface area contributed by atoms with Crippen LogP contribution in [0.25, 0.3) is 0 Å². The van der Waals surface area contributed by atoms with E-state index in [4.69, 9.17) is 9.31 Å². The van der Waals surface area contributed by atoms with Gasteiger partial charge in [-0.3, -0.25) is 4.79 Å². The van der Waals surface area contributed by atoms with Gasteiger partial charge >= 0.3 is 7.12 Å². The Morgan fingerprint density at radius 1 is 0.826 bits per heavy atom. The SMILES string of the molecule is CC1(C)OB(c2ccccc2C(=O)c2ccccc2)OC1(C)C. The van der Waals surface area contributed by atoms with Gasteiger partial charge in [-0.1, -0.05) is 54.6 Å². The molecule has 23 heavy (non-hydrogen) atoms. The highest BCUT2D eigenvalue weighted by atomic mass is 16.7. The Bertz CT molecular complexity index is 706. The molecular formula is C19H21BO3. The summed E-state index contributed by atoms with van der Waals surface area (Å²) in [7, 11) is -0.538. The van der Waals surface area contributed by atoms with Crippen molar-refractivity contribution in [2.75, 3.05) is 0 Å². The molecular weight excluding hydrogens is 287 g/mol. The lowest BCUT2D eigenvalue weighted by atomic mass is 9.74. The summed E-state index contributed by atoms with van der Waals surface area (Å²) in [6.07, 6.45) is 0. The normalized spacial score (nSPS) is 18.9.